The van der Waals surface area contributed by atoms with Crippen molar-refractivity contribution in [3.8, 4) is 5.82 Å². The molecular weight excluding hydrogens is 593 g/mol. The number of hydrogen-bond donors (Lipinski definition) is 2. The van der Waals surface area contributed by atoms with E-state index in [4.69, 9.17) is 11.6 Å². The molecule has 0 atom stereocenters. The summed E-state index contributed by atoms with van der Waals surface area (Å²) in [4.78, 5) is 30.7. The first-order chi connectivity index (χ1) is 14.3. The van der Waals surface area contributed by atoms with Gasteiger partial charge in [0.05, 0.1) is 25.2 Å². The fourth-order valence-electron chi connectivity index (χ4n) is 3.49. The normalized spacial score (nSPS) is 14.3. The van der Waals surface area contributed by atoms with Crippen molar-refractivity contribution < 1.29 is 14.3 Å². The summed E-state index contributed by atoms with van der Waals surface area (Å²) in [5.41, 5.74) is -0.884. The van der Waals surface area contributed by atoms with Crippen LogP contribution in [-0.4, -0.2) is 46.8 Å². The van der Waals surface area contributed by atoms with E-state index >= 15 is 4.39 Å². The number of nitrogens with one attached hydrogen (secondary N) is 1. The number of benzene rings is 1. The summed E-state index contributed by atoms with van der Waals surface area (Å²) in [7, 11) is 0. The number of rotatable bonds is 3. The number of anilines is 1. The van der Waals surface area contributed by atoms with Crippen LogP contribution in [0.1, 0.15) is 10.4 Å². The molecule has 0 aliphatic carbocycles. The summed E-state index contributed by atoms with van der Waals surface area (Å²) in [6.45, 7) is 2.44. The number of fused-ring (bicyclic) bond motifs is 1. The fourth-order valence-corrected chi connectivity index (χ4v) is 5.38. The number of carbonyl (C=O) groups is 1. The largest absolute Gasteiger partial charge is 0.477 e. The van der Waals surface area contributed by atoms with Gasteiger partial charge in [0.25, 0.3) is 0 Å². The van der Waals surface area contributed by atoms with Gasteiger partial charge in [0, 0.05) is 43.0 Å². The summed E-state index contributed by atoms with van der Waals surface area (Å²) < 4.78 is 17.9. The third-order valence-corrected chi connectivity index (χ3v) is 6.42. The van der Waals surface area contributed by atoms with Crippen molar-refractivity contribution in [3.63, 3.8) is 0 Å². The number of aromatic nitrogens is 2. The molecule has 156 valence electrons. The topological polar surface area (TPSA) is 87.5 Å². The van der Waals surface area contributed by atoms with Gasteiger partial charge >= 0.3 is 5.97 Å². The molecule has 1 aromatic carbocycles. The molecule has 4 rings (SSSR count). The highest BCUT2D eigenvalue weighted by Crippen LogP contribution is 2.37. The van der Waals surface area contributed by atoms with Crippen molar-refractivity contribution in [3.05, 3.63) is 59.2 Å². The molecule has 2 N–H and O–H groups in total. The first-order valence-electron chi connectivity index (χ1n) is 8.87. The Hall–Kier alpha value is -1.76. The van der Waals surface area contributed by atoms with E-state index in [9.17, 15) is 14.7 Å². The summed E-state index contributed by atoms with van der Waals surface area (Å²) in [6, 6.07) is 2.86. The predicted octanol–water partition coefficient (Wildman–Crippen LogP) is 3.65. The monoisotopic (exact) mass is 606 g/mol. The summed E-state index contributed by atoms with van der Waals surface area (Å²) >= 11 is 12.1. The number of aromatic carboxylic acids is 1. The zero-order valence-corrected chi connectivity index (χ0v) is 19.8. The smallest absolute Gasteiger partial charge is 0.341 e. The second kappa shape index (κ2) is 8.40. The van der Waals surface area contributed by atoms with Crippen LogP contribution in [0.3, 0.4) is 0 Å². The van der Waals surface area contributed by atoms with Gasteiger partial charge in [-0.25, -0.2) is 14.2 Å². The molecule has 1 aliphatic rings. The van der Waals surface area contributed by atoms with Crippen LogP contribution in [0.2, 0.25) is 5.02 Å². The van der Waals surface area contributed by atoms with Crippen molar-refractivity contribution in [2.75, 3.05) is 31.1 Å². The fraction of sp³-hybridized carbons (Fsp3) is 0.211. The molecule has 3 heterocycles. The van der Waals surface area contributed by atoms with Crippen LogP contribution in [-0.2, 0) is 0 Å². The molecule has 30 heavy (non-hydrogen) atoms. The van der Waals surface area contributed by atoms with Gasteiger partial charge in [0.15, 0.2) is 5.82 Å². The van der Waals surface area contributed by atoms with Gasteiger partial charge in [-0.3, -0.25) is 9.36 Å². The molecule has 0 amide bonds. The summed E-state index contributed by atoms with van der Waals surface area (Å²) in [5.74, 6) is -1.70. The maximum absolute atomic E-state index is 15.1. The zero-order chi connectivity index (χ0) is 21.6. The Morgan fingerprint density at radius 1 is 1.33 bits per heavy atom. The molecule has 2 aromatic heterocycles. The lowest BCUT2D eigenvalue weighted by Crippen LogP contribution is -2.44. The maximum Gasteiger partial charge on any atom is 0.341 e. The molecule has 1 saturated heterocycles. The van der Waals surface area contributed by atoms with E-state index in [1.807, 2.05) is 4.90 Å². The molecule has 1 aliphatic heterocycles. The molecular formula is C19H14BrClFIN4O3. The molecule has 7 nitrogen and oxygen atoms in total. The highest BCUT2D eigenvalue weighted by Gasteiger charge is 2.26. The quantitative estimate of drug-likeness (QED) is 0.443. The highest BCUT2D eigenvalue weighted by atomic mass is 127. The Labute approximate surface area is 197 Å². The van der Waals surface area contributed by atoms with E-state index in [1.165, 1.54) is 10.8 Å². The Morgan fingerprint density at radius 2 is 2.03 bits per heavy atom. The summed E-state index contributed by atoms with van der Waals surface area (Å²) in [5, 5.41) is 12.6. The van der Waals surface area contributed by atoms with E-state index in [-0.39, 0.29) is 21.6 Å². The van der Waals surface area contributed by atoms with Crippen LogP contribution in [0.5, 0.6) is 0 Å². The maximum atomic E-state index is 15.1. The van der Waals surface area contributed by atoms with Crippen LogP contribution in [0, 0.1) is 9.39 Å². The summed E-state index contributed by atoms with van der Waals surface area (Å²) in [6.07, 6.45) is 2.74. The molecule has 0 bridgehead atoms. The third kappa shape index (κ3) is 3.70. The van der Waals surface area contributed by atoms with Crippen molar-refractivity contribution in [2.24, 2.45) is 0 Å². The first kappa shape index (κ1) is 21.5. The Balaban J connectivity index is 2.12. The van der Waals surface area contributed by atoms with Crippen molar-refractivity contribution in [2.45, 2.75) is 0 Å². The van der Waals surface area contributed by atoms with Crippen molar-refractivity contribution in [1.29, 1.82) is 0 Å². The zero-order valence-electron chi connectivity index (χ0n) is 15.3. The van der Waals surface area contributed by atoms with Crippen LogP contribution >= 0.6 is 50.1 Å². The molecule has 1 fully saturated rings. The standard InChI is InChI=1S/C19H14BrClFIN4O3/c20-9-5-13(23)18(25-7-9)27-8-11(19(29)30)17(28)10-6-12(22)16(14(21)15(10)27)26-3-1-24-2-4-26/h5-8,24H,1-4H2,(H,29,30). The van der Waals surface area contributed by atoms with Gasteiger partial charge in [-0.2, -0.15) is 0 Å². The lowest BCUT2D eigenvalue weighted by Gasteiger charge is -2.31. The molecule has 3 aromatic rings. The van der Waals surface area contributed by atoms with Gasteiger partial charge < -0.3 is 15.3 Å². The van der Waals surface area contributed by atoms with Crippen molar-refractivity contribution in [1.82, 2.24) is 14.9 Å². The number of hydrogen-bond acceptors (Lipinski definition) is 5. The minimum atomic E-state index is -1.41. The SMILES string of the molecule is O=C(O)c1cn(-c2ncc(Br)cc2I)c2c(Cl)c(N3CCNCC3)c(F)cc2c1=O. The Bertz CT molecular complexity index is 1250. The number of carboxylic acids is 1. The molecule has 0 saturated carbocycles. The van der Waals surface area contributed by atoms with Gasteiger partial charge in [-0.1, -0.05) is 11.6 Å². The first-order valence-corrected chi connectivity index (χ1v) is 11.1. The lowest BCUT2D eigenvalue weighted by molar-refractivity contribution is 0.0695. The molecule has 0 radical (unpaired) electrons. The van der Waals surface area contributed by atoms with Gasteiger partial charge in [0.1, 0.15) is 11.4 Å². The van der Waals surface area contributed by atoms with Crippen LogP contribution < -0.4 is 15.6 Å². The van der Waals surface area contributed by atoms with Gasteiger partial charge in [-0.15, -0.1) is 0 Å². The lowest BCUT2D eigenvalue weighted by atomic mass is 10.1. The number of piperazine rings is 1. The second-order valence-corrected chi connectivity index (χ2v) is 9.12. The van der Waals surface area contributed by atoms with Crippen LogP contribution in [0.4, 0.5) is 10.1 Å². The van der Waals surface area contributed by atoms with Gasteiger partial charge in [0.2, 0.25) is 5.43 Å². The molecule has 11 heteroatoms. The number of nitrogens with zero attached hydrogens (tertiary/aromatic N) is 3. The van der Waals surface area contributed by atoms with E-state index in [0.29, 0.717) is 35.6 Å². The van der Waals surface area contributed by atoms with Gasteiger partial charge in [-0.05, 0) is 50.7 Å². The third-order valence-electron chi connectivity index (χ3n) is 4.84. The number of halogens is 4. The van der Waals surface area contributed by atoms with E-state index in [2.05, 4.69) is 48.8 Å². The average molecular weight is 608 g/mol. The average Bonchev–Trinajstić information content (AvgIpc) is 2.70. The Morgan fingerprint density at radius 3 is 2.67 bits per heavy atom. The number of pyridine rings is 2. The van der Waals surface area contributed by atoms with Crippen LogP contribution in [0.25, 0.3) is 16.7 Å². The molecule has 0 spiro atoms. The number of carboxylic acid groups (broad SMARTS) is 1. The second-order valence-electron chi connectivity index (χ2n) is 6.66. The highest BCUT2D eigenvalue weighted by molar-refractivity contribution is 14.1. The molecule has 0 unspecified atom stereocenters. The van der Waals surface area contributed by atoms with E-state index in [0.717, 1.165) is 10.5 Å². The minimum Gasteiger partial charge on any atom is -0.477 e. The van der Waals surface area contributed by atoms with E-state index in [1.54, 1.807) is 12.3 Å². The van der Waals surface area contributed by atoms with E-state index < -0.39 is 22.8 Å². The predicted molar refractivity (Wildman–Crippen MR) is 125 cm³/mol. The van der Waals surface area contributed by atoms with Crippen molar-refractivity contribution >= 4 is 72.7 Å². The van der Waals surface area contributed by atoms with Crippen LogP contribution in [0.15, 0.2) is 33.8 Å². The minimum absolute atomic E-state index is 0.0430. The Kier molecular flexibility index (Phi) is 6.02.